The molecule has 0 spiro atoms. The number of fused-ring (bicyclic) bond motifs is 1. The van der Waals surface area contributed by atoms with Gasteiger partial charge in [-0.3, -0.25) is 10.1 Å². The number of thiazole rings is 1. The number of methoxy groups -OCH3 is 1. The standard InChI is InChI=1S/C18H21BrN2O3S/c1-4-24-14-9-11(8-12(19)16(14)23-3)17(22)21-18-20-13-6-5-10(2)7-15(13)25-18/h8-10H,4-7H2,1-3H3,(H,20,21,22). The van der Waals surface area contributed by atoms with Crippen molar-refractivity contribution in [2.45, 2.75) is 33.1 Å². The van der Waals surface area contributed by atoms with E-state index in [-0.39, 0.29) is 5.91 Å². The predicted molar refractivity (Wildman–Crippen MR) is 103 cm³/mol. The van der Waals surface area contributed by atoms with E-state index in [0.717, 1.165) is 25.0 Å². The first-order valence-corrected chi connectivity index (χ1v) is 9.93. The lowest BCUT2D eigenvalue weighted by atomic mass is 9.93. The second-order valence-corrected chi connectivity index (χ2v) is 8.05. The quantitative estimate of drug-likeness (QED) is 0.755. The molecule has 25 heavy (non-hydrogen) atoms. The molecule has 1 aromatic carbocycles. The minimum absolute atomic E-state index is 0.205. The van der Waals surface area contributed by atoms with Gasteiger partial charge in [-0.15, -0.1) is 11.3 Å². The number of carbonyl (C=O) groups excluding carboxylic acids is 1. The number of nitrogens with one attached hydrogen (secondary N) is 1. The zero-order valence-corrected chi connectivity index (χ0v) is 16.9. The summed E-state index contributed by atoms with van der Waals surface area (Å²) in [4.78, 5) is 18.5. The molecule has 1 heterocycles. The Morgan fingerprint density at radius 1 is 1.48 bits per heavy atom. The molecular weight excluding hydrogens is 404 g/mol. The van der Waals surface area contributed by atoms with Gasteiger partial charge in [0.05, 0.1) is 23.9 Å². The molecule has 0 fully saturated rings. The topological polar surface area (TPSA) is 60.5 Å². The van der Waals surface area contributed by atoms with Crippen molar-refractivity contribution in [3.8, 4) is 11.5 Å². The van der Waals surface area contributed by atoms with Crippen LogP contribution in [0.5, 0.6) is 11.5 Å². The number of rotatable bonds is 5. The van der Waals surface area contributed by atoms with Crippen LogP contribution in [-0.4, -0.2) is 24.6 Å². The Morgan fingerprint density at radius 3 is 3.00 bits per heavy atom. The van der Waals surface area contributed by atoms with E-state index >= 15 is 0 Å². The summed E-state index contributed by atoms with van der Waals surface area (Å²) in [5.74, 6) is 1.60. The highest BCUT2D eigenvalue weighted by molar-refractivity contribution is 9.10. The Balaban J connectivity index is 1.82. The van der Waals surface area contributed by atoms with Crippen LogP contribution in [-0.2, 0) is 12.8 Å². The Bertz CT molecular complexity index is 791. The average molecular weight is 425 g/mol. The molecule has 0 saturated carbocycles. The smallest absolute Gasteiger partial charge is 0.257 e. The largest absolute Gasteiger partial charge is 0.492 e. The molecule has 3 rings (SSSR count). The zero-order chi connectivity index (χ0) is 18.0. The average Bonchev–Trinajstić information content (AvgIpc) is 2.96. The second-order valence-electron chi connectivity index (χ2n) is 6.11. The number of halogens is 1. The van der Waals surface area contributed by atoms with Gasteiger partial charge in [0.1, 0.15) is 0 Å². The third-order valence-electron chi connectivity index (χ3n) is 4.18. The van der Waals surface area contributed by atoms with Crippen molar-refractivity contribution in [2.24, 2.45) is 5.92 Å². The minimum atomic E-state index is -0.205. The molecule has 1 aliphatic rings. The van der Waals surface area contributed by atoms with E-state index in [2.05, 4.69) is 33.2 Å². The highest BCUT2D eigenvalue weighted by Gasteiger charge is 2.21. The van der Waals surface area contributed by atoms with E-state index in [1.807, 2.05) is 6.92 Å². The summed E-state index contributed by atoms with van der Waals surface area (Å²) in [5, 5.41) is 3.58. The monoisotopic (exact) mass is 424 g/mol. The number of aromatic nitrogens is 1. The molecule has 0 aliphatic heterocycles. The van der Waals surface area contributed by atoms with Crippen molar-refractivity contribution in [3.63, 3.8) is 0 Å². The summed E-state index contributed by atoms with van der Waals surface area (Å²) in [6.07, 6.45) is 3.20. The third kappa shape index (κ3) is 3.98. The highest BCUT2D eigenvalue weighted by atomic mass is 79.9. The van der Waals surface area contributed by atoms with Crippen LogP contribution in [0.3, 0.4) is 0 Å². The highest BCUT2D eigenvalue weighted by Crippen LogP contribution is 2.37. The van der Waals surface area contributed by atoms with Crippen molar-refractivity contribution in [1.29, 1.82) is 0 Å². The predicted octanol–water partition coefficient (Wildman–Crippen LogP) is 4.69. The molecule has 134 valence electrons. The van der Waals surface area contributed by atoms with E-state index in [4.69, 9.17) is 9.47 Å². The van der Waals surface area contributed by atoms with Gasteiger partial charge in [-0.2, -0.15) is 0 Å². The van der Waals surface area contributed by atoms with Gasteiger partial charge >= 0.3 is 0 Å². The number of hydrogen-bond acceptors (Lipinski definition) is 5. The summed E-state index contributed by atoms with van der Waals surface area (Å²) in [6, 6.07) is 3.42. The summed E-state index contributed by atoms with van der Waals surface area (Å²) >= 11 is 5.01. The van der Waals surface area contributed by atoms with Gasteiger partial charge in [-0.1, -0.05) is 6.92 Å². The molecule has 2 aromatic rings. The number of aryl methyl sites for hydroxylation is 1. The van der Waals surface area contributed by atoms with Gasteiger partial charge in [-0.25, -0.2) is 4.98 Å². The van der Waals surface area contributed by atoms with Gasteiger partial charge in [0.15, 0.2) is 16.6 Å². The van der Waals surface area contributed by atoms with E-state index < -0.39 is 0 Å². The van der Waals surface area contributed by atoms with Crippen LogP contribution in [0.15, 0.2) is 16.6 Å². The molecule has 0 radical (unpaired) electrons. The SMILES string of the molecule is CCOc1cc(C(=O)Nc2nc3c(s2)CC(C)CC3)cc(Br)c1OC. The Labute approximate surface area is 159 Å². The number of benzene rings is 1. The van der Waals surface area contributed by atoms with Crippen LogP contribution in [0, 0.1) is 5.92 Å². The fourth-order valence-electron chi connectivity index (χ4n) is 2.92. The second kappa shape index (κ2) is 7.74. The molecule has 1 atom stereocenters. The maximum Gasteiger partial charge on any atom is 0.257 e. The van der Waals surface area contributed by atoms with Crippen LogP contribution in [0.2, 0.25) is 0 Å². The number of carbonyl (C=O) groups is 1. The lowest BCUT2D eigenvalue weighted by molar-refractivity contribution is 0.102. The van der Waals surface area contributed by atoms with Crippen LogP contribution in [0.25, 0.3) is 0 Å². The lowest BCUT2D eigenvalue weighted by Gasteiger charge is -2.15. The minimum Gasteiger partial charge on any atom is -0.492 e. The Morgan fingerprint density at radius 2 is 2.28 bits per heavy atom. The van der Waals surface area contributed by atoms with Crippen molar-refractivity contribution in [1.82, 2.24) is 4.98 Å². The molecule has 0 saturated heterocycles. The van der Waals surface area contributed by atoms with Crippen LogP contribution >= 0.6 is 27.3 Å². The van der Waals surface area contributed by atoms with E-state index in [1.165, 1.54) is 4.88 Å². The Kier molecular flexibility index (Phi) is 5.64. The molecule has 1 N–H and O–H groups in total. The van der Waals surface area contributed by atoms with Gasteiger partial charge in [0.25, 0.3) is 5.91 Å². The molecule has 1 unspecified atom stereocenters. The molecule has 7 heteroatoms. The van der Waals surface area contributed by atoms with Crippen molar-refractivity contribution in [3.05, 3.63) is 32.7 Å². The molecule has 1 aromatic heterocycles. The fourth-order valence-corrected chi connectivity index (χ4v) is 4.69. The van der Waals surface area contributed by atoms with Crippen LogP contribution in [0.1, 0.15) is 41.2 Å². The first kappa shape index (κ1) is 18.2. The first-order chi connectivity index (χ1) is 12.0. The number of ether oxygens (including phenoxy) is 2. The third-order valence-corrected chi connectivity index (χ3v) is 5.81. The van der Waals surface area contributed by atoms with E-state index in [1.54, 1.807) is 30.6 Å². The normalized spacial score (nSPS) is 16.2. The number of anilines is 1. The van der Waals surface area contributed by atoms with Gasteiger partial charge in [0.2, 0.25) is 0 Å². The lowest BCUT2D eigenvalue weighted by Crippen LogP contribution is -2.12. The fraction of sp³-hybridized carbons (Fsp3) is 0.444. The molecule has 5 nitrogen and oxygen atoms in total. The summed E-state index contributed by atoms with van der Waals surface area (Å²) in [7, 11) is 1.57. The summed E-state index contributed by atoms with van der Waals surface area (Å²) in [5.41, 5.74) is 1.63. The molecule has 1 amide bonds. The van der Waals surface area contributed by atoms with Gasteiger partial charge in [0, 0.05) is 10.4 Å². The van der Waals surface area contributed by atoms with Crippen molar-refractivity contribution >= 4 is 38.3 Å². The van der Waals surface area contributed by atoms with Crippen LogP contribution < -0.4 is 14.8 Å². The van der Waals surface area contributed by atoms with Crippen molar-refractivity contribution in [2.75, 3.05) is 19.0 Å². The first-order valence-electron chi connectivity index (χ1n) is 8.32. The maximum atomic E-state index is 12.6. The Hall–Kier alpha value is -1.60. The summed E-state index contributed by atoms with van der Waals surface area (Å²) < 4.78 is 11.6. The number of amides is 1. The van der Waals surface area contributed by atoms with Gasteiger partial charge < -0.3 is 9.47 Å². The molecule has 1 aliphatic carbocycles. The van der Waals surface area contributed by atoms with Gasteiger partial charge in [-0.05, 0) is 60.2 Å². The summed E-state index contributed by atoms with van der Waals surface area (Å²) in [6.45, 7) is 4.64. The zero-order valence-electron chi connectivity index (χ0n) is 14.5. The molecular formula is C18H21BrN2O3S. The number of nitrogens with zero attached hydrogens (tertiary/aromatic N) is 1. The maximum absolute atomic E-state index is 12.6. The number of hydrogen-bond donors (Lipinski definition) is 1. The van der Waals surface area contributed by atoms with E-state index in [9.17, 15) is 4.79 Å². The molecule has 0 bridgehead atoms. The van der Waals surface area contributed by atoms with Crippen LogP contribution in [0.4, 0.5) is 5.13 Å². The van der Waals surface area contributed by atoms with E-state index in [0.29, 0.717) is 39.2 Å². The van der Waals surface area contributed by atoms with Crippen molar-refractivity contribution < 1.29 is 14.3 Å².